The van der Waals surface area contributed by atoms with Gasteiger partial charge in [0.05, 0.1) is 18.2 Å². The minimum atomic E-state index is -0.609. The molecule has 2 aromatic heterocycles. The van der Waals surface area contributed by atoms with Crippen LogP contribution < -0.4 is 21.4 Å². The van der Waals surface area contributed by atoms with Crippen molar-refractivity contribution in [2.24, 2.45) is 0 Å². The van der Waals surface area contributed by atoms with Crippen LogP contribution in [0.15, 0.2) is 70.4 Å². The molecule has 4 aromatic rings. The summed E-state index contributed by atoms with van der Waals surface area (Å²) in [4.78, 5) is 33.9. The van der Waals surface area contributed by atoms with Gasteiger partial charge in [0.1, 0.15) is 5.75 Å². The zero-order chi connectivity index (χ0) is 25.7. The predicted octanol–water partition coefficient (Wildman–Crippen LogP) is 4.15. The van der Waals surface area contributed by atoms with E-state index in [1.165, 1.54) is 16.3 Å². The van der Waals surface area contributed by atoms with Crippen LogP contribution in [-0.2, 0) is 19.5 Å². The second-order valence-corrected chi connectivity index (χ2v) is 8.20. The summed E-state index contributed by atoms with van der Waals surface area (Å²) in [5.41, 5.74) is 2.96. The number of hydrogen-bond acceptors (Lipinski definition) is 7. The molecule has 0 bridgehead atoms. The maximum Gasteiger partial charge on any atom is 0.354 e. The molecule has 0 unspecified atom stereocenters. The number of hydrogen-bond donors (Lipinski definition) is 1. The summed E-state index contributed by atoms with van der Waals surface area (Å²) >= 11 is 0. The zero-order valence-corrected chi connectivity index (χ0v) is 20.4. The maximum absolute atomic E-state index is 13.1. The third-order valence-corrected chi connectivity index (χ3v) is 5.75. The van der Waals surface area contributed by atoms with E-state index in [4.69, 9.17) is 10.00 Å². The quantitative estimate of drug-likeness (QED) is 0.401. The SMILES string of the molecule is CCc1ccc(Cn2c(Nc3ccc(Oc4cc(C#N)ccn4)c(C)c3)nc(=O)n(CC)c2=O)cc1. The number of rotatable bonds is 8. The molecule has 2 heterocycles. The highest BCUT2D eigenvalue weighted by atomic mass is 16.5. The summed E-state index contributed by atoms with van der Waals surface area (Å²) < 4.78 is 8.40. The Morgan fingerprint density at radius 1 is 1.00 bits per heavy atom. The van der Waals surface area contributed by atoms with Gasteiger partial charge in [-0.1, -0.05) is 31.2 Å². The minimum absolute atomic E-state index is 0.158. The highest BCUT2D eigenvalue weighted by Crippen LogP contribution is 2.27. The van der Waals surface area contributed by atoms with E-state index >= 15 is 0 Å². The molecule has 2 aromatic carbocycles. The molecule has 4 rings (SSSR count). The predicted molar refractivity (Wildman–Crippen MR) is 137 cm³/mol. The van der Waals surface area contributed by atoms with Gasteiger partial charge in [0, 0.05) is 24.5 Å². The molecule has 0 atom stereocenters. The van der Waals surface area contributed by atoms with Crippen molar-refractivity contribution in [2.75, 3.05) is 5.32 Å². The number of nitriles is 1. The third-order valence-electron chi connectivity index (χ3n) is 5.75. The first-order valence-corrected chi connectivity index (χ1v) is 11.6. The average Bonchev–Trinajstić information content (AvgIpc) is 2.88. The summed E-state index contributed by atoms with van der Waals surface area (Å²) in [7, 11) is 0. The summed E-state index contributed by atoms with van der Waals surface area (Å²) in [6.45, 7) is 6.17. The largest absolute Gasteiger partial charge is 0.439 e. The van der Waals surface area contributed by atoms with Gasteiger partial charge in [0.15, 0.2) is 0 Å². The first kappa shape index (κ1) is 24.4. The summed E-state index contributed by atoms with van der Waals surface area (Å²) in [6, 6.07) is 18.5. The molecule has 0 aliphatic rings. The number of anilines is 2. The number of aromatic nitrogens is 4. The van der Waals surface area contributed by atoms with Crippen LogP contribution in [0, 0.1) is 18.3 Å². The maximum atomic E-state index is 13.1. The van der Waals surface area contributed by atoms with Crippen molar-refractivity contribution in [1.82, 2.24) is 19.1 Å². The van der Waals surface area contributed by atoms with Gasteiger partial charge in [-0.05, 0) is 61.2 Å². The van der Waals surface area contributed by atoms with Crippen LogP contribution in [0.2, 0.25) is 0 Å². The molecule has 0 saturated carbocycles. The number of aryl methyl sites for hydroxylation is 2. The van der Waals surface area contributed by atoms with E-state index in [-0.39, 0.29) is 19.0 Å². The number of pyridine rings is 1. The molecule has 0 spiro atoms. The van der Waals surface area contributed by atoms with Crippen molar-refractivity contribution in [3.05, 3.63) is 104 Å². The molecular formula is C27H26N6O3. The van der Waals surface area contributed by atoms with Crippen LogP contribution in [0.5, 0.6) is 11.6 Å². The Balaban J connectivity index is 1.65. The highest BCUT2D eigenvalue weighted by molar-refractivity contribution is 5.57. The molecule has 9 heteroatoms. The van der Waals surface area contributed by atoms with Crippen LogP contribution in [0.1, 0.15) is 36.1 Å². The second kappa shape index (κ2) is 10.7. The second-order valence-electron chi connectivity index (χ2n) is 8.20. The van der Waals surface area contributed by atoms with Crippen molar-refractivity contribution in [1.29, 1.82) is 5.26 Å². The molecule has 0 radical (unpaired) electrons. The van der Waals surface area contributed by atoms with E-state index in [1.807, 2.05) is 37.3 Å². The van der Waals surface area contributed by atoms with Gasteiger partial charge in [-0.25, -0.2) is 19.1 Å². The van der Waals surface area contributed by atoms with Gasteiger partial charge in [-0.3, -0.25) is 4.57 Å². The van der Waals surface area contributed by atoms with E-state index in [0.29, 0.717) is 22.9 Å². The Labute approximate surface area is 208 Å². The summed E-state index contributed by atoms with van der Waals surface area (Å²) in [5, 5.41) is 12.2. The topological polar surface area (TPSA) is 115 Å². The zero-order valence-electron chi connectivity index (χ0n) is 20.4. The van der Waals surface area contributed by atoms with E-state index < -0.39 is 11.4 Å². The van der Waals surface area contributed by atoms with Gasteiger partial charge >= 0.3 is 11.4 Å². The average molecular weight is 483 g/mol. The first-order chi connectivity index (χ1) is 17.4. The Kier molecular flexibility index (Phi) is 7.25. The fourth-order valence-corrected chi connectivity index (χ4v) is 3.72. The van der Waals surface area contributed by atoms with Gasteiger partial charge in [-0.15, -0.1) is 0 Å². The lowest BCUT2D eigenvalue weighted by Gasteiger charge is -2.16. The van der Waals surface area contributed by atoms with E-state index in [0.717, 1.165) is 22.1 Å². The Morgan fingerprint density at radius 3 is 2.42 bits per heavy atom. The molecule has 1 N–H and O–H groups in total. The Hall–Kier alpha value is -4.71. The van der Waals surface area contributed by atoms with E-state index in [1.54, 1.807) is 31.2 Å². The summed E-state index contributed by atoms with van der Waals surface area (Å²) in [5.74, 6) is 1.03. The normalized spacial score (nSPS) is 10.6. The van der Waals surface area contributed by atoms with Crippen molar-refractivity contribution in [2.45, 2.75) is 40.3 Å². The van der Waals surface area contributed by atoms with Crippen molar-refractivity contribution in [3.8, 4) is 17.7 Å². The van der Waals surface area contributed by atoms with Crippen LogP contribution in [0.4, 0.5) is 11.6 Å². The lowest BCUT2D eigenvalue weighted by Crippen LogP contribution is -2.42. The standard InChI is InChI=1S/C27H26N6O3/c1-4-19-6-8-20(9-7-19)17-33-25(31-26(34)32(5-2)27(33)35)30-22-10-11-23(18(3)14-22)36-24-15-21(16-28)12-13-29-24/h6-15H,4-5,17H2,1-3H3,(H,30,31,34). The minimum Gasteiger partial charge on any atom is -0.439 e. The number of ether oxygens (including phenoxy) is 1. The fraction of sp³-hybridized carbons (Fsp3) is 0.222. The van der Waals surface area contributed by atoms with Crippen LogP contribution in [-0.4, -0.2) is 19.1 Å². The Bertz CT molecular complexity index is 1550. The molecule has 36 heavy (non-hydrogen) atoms. The molecule has 0 aliphatic carbocycles. The summed E-state index contributed by atoms with van der Waals surface area (Å²) in [6.07, 6.45) is 2.44. The fourth-order valence-electron chi connectivity index (χ4n) is 3.72. The lowest BCUT2D eigenvalue weighted by molar-refractivity contribution is 0.459. The van der Waals surface area contributed by atoms with Crippen molar-refractivity contribution < 1.29 is 4.74 Å². The molecule has 0 amide bonds. The number of nitrogens with one attached hydrogen (secondary N) is 1. The molecule has 0 fully saturated rings. The van der Waals surface area contributed by atoms with E-state index in [2.05, 4.69) is 28.3 Å². The lowest BCUT2D eigenvalue weighted by atomic mass is 10.1. The van der Waals surface area contributed by atoms with Crippen LogP contribution in [0.25, 0.3) is 0 Å². The van der Waals surface area contributed by atoms with Gasteiger partial charge < -0.3 is 10.1 Å². The monoisotopic (exact) mass is 482 g/mol. The molecule has 182 valence electrons. The number of benzene rings is 2. The first-order valence-electron chi connectivity index (χ1n) is 11.6. The Morgan fingerprint density at radius 2 is 1.75 bits per heavy atom. The van der Waals surface area contributed by atoms with Crippen LogP contribution >= 0.6 is 0 Å². The smallest absolute Gasteiger partial charge is 0.354 e. The molecular weight excluding hydrogens is 456 g/mol. The number of nitrogens with zero attached hydrogens (tertiary/aromatic N) is 5. The van der Waals surface area contributed by atoms with Crippen LogP contribution in [0.3, 0.4) is 0 Å². The van der Waals surface area contributed by atoms with Gasteiger partial charge in [-0.2, -0.15) is 10.2 Å². The van der Waals surface area contributed by atoms with Crippen molar-refractivity contribution >= 4 is 11.6 Å². The molecule has 9 nitrogen and oxygen atoms in total. The molecule has 0 aliphatic heterocycles. The van der Waals surface area contributed by atoms with E-state index in [9.17, 15) is 9.59 Å². The third kappa shape index (κ3) is 5.33. The van der Waals surface area contributed by atoms with Gasteiger partial charge in [0.2, 0.25) is 11.8 Å². The van der Waals surface area contributed by atoms with Gasteiger partial charge in [0.25, 0.3) is 0 Å². The van der Waals surface area contributed by atoms with Crippen molar-refractivity contribution in [3.63, 3.8) is 0 Å². The molecule has 0 saturated heterocycles. The highest BCUT2D eigenvalue weighted by Gasteiger charge is 2.14.